The molecule has 0 bridgehead atoms. The number of hydrogen-bond donors (Lipinski definition) is 2. The zero-order valence-corrected chi connectivity index (χ0v) is 14.2. The fraction of sp³-hybridized carbons (Fsp3) is 0.316. The van der Waals surface area contributed by atoms with E-state index in [4.69, 9.17) is 9.47 Å². The highest BCUT2D eigenvalue weighted by Gasteiger charge is 2.07. The number of ether oxygens (including phenoxy) is 2. The summed E-state index contributed by atoms with van der Waals surface area (Å²) in [7, 11) is 1.66. The summed E-state index contributed by atoms with van der Waals surface area (Å²) < 4.78 is 10.8. The van der Waals surface area contributed by atoms with Crippen molar-refractivity contribution in [3.63, 3.8) is 0 Å². The van der Waals surface area contributed by atoms with Crippen LogP contribution in [0.5, 0.6) is 11.5 Å². The van der Waals surface area contributed by atoms with Gasteiger partial charge in [-0.15, -0.1) is 0 Å². The molecule has 1 amide bonds. The zero-order chi connectivity index (χ0) is 17.2. The number of hydrogen-bond acceptors (Lipinski definition) is 4. The molecule has 5 nitrogen and oxygen atoms in total. The van der Waals surface area contributed by atoms with E-state index in [0.29, 0.717) is 24.6 Å². The van der Waals surface area contributed by atoms with Crippen LogP contribution in [0.2, 0.25) is 0 Å². The first-order valence-electron chi connectivity index (χ1n) is 8.09. The van der Waals surface area contributed by atoms with Crippen molar-refractivity contribution in [3.8, 4) is 11.5 Å². The Morgan fingerprint density at radius 3 is 2.50 bits per heavy atom. The second-order valence-corrected chi connectivity index (χ2v) is 5.22. The van der Waals surface area contributed by atoms with Gasteiger partial charge >= 0.3 is 0 Å². The standard InChI is InChI=1S/C19H24N2O3/c1-3-24-18-11-7-5-9-16(18)21-19(22)14-20-13-12-15-8-4-6-10-17(15)23-2/h4-11,20H,3,12-14H2,1-2H3,(H,21,22). The van der Waals surface area contributed by atoms with Crippen LogP contribution in [0.4, 0.5) is 5.69 Å². The molecule has 2 aromatic rings. The Balaban J connectivity index is 1.78. The van der Waals surface area contributed by atoms with Gasteiger partial charge in [0.05, 0.1) is 25.9 Å². The summed E-state index contributed by atoms with van der Waals surface area (Å²) in [6.45, 7) is 3.42. The SMILES string of the molecule is CCOc1ccccc1NC(=O)CNCCc1ccccc1OC. The summed E-state index contributed by atoms with van der Waals surface area (Å²) in [5.74, 6) is 1.46. The number of benzene rings is 2. The van der Waals surface area contributed by atoms with Gasteiger partial charge in [0.2, 0.25) is 5.91 Å². The van der Waals surface area contributed by atoms with E-state index in [-0.39, 0.29) is 12.5 Å². The first kappa shape index (κ1) is 17.8. The van der Waals surface area contributed by atoms with Gasteiger partial charge in [0.1, 0.15) is 11.5 Å². The lowest BCUT2D eigenvalue weighted by atomic mass is 10.1. The largest absolute Gasteiger partial charge is 0.496 e. The van der Waals surface area contributed by atoms with E-state index in [2.05, 4.69) is 10.6 Å². The lowest BCUT2D eigenvalue weighted by Crippen LogP contribution is -2.29. The molecule has 0 spiro atoms. The lowest BCUT2D eigenvalue weighted by Gasteiger charge is -2.12. The molecule has 2 aromatic carbocycles. The maximum atomic E-state index is 12.0. The second-order valence-electron chi connectivity index (χ2n) is 5.22. The van der Waals surface area contributed by atoms with Crippen LogP contribution < -0.4 is 20.1 Å². The van der Waals surface area contributed by atoms with E-state index in [1.165, 1.54) is 0 Å². The third kappa shape index (κ3) is 5.28. The van der Waals surface area contributed by atoms with E-state index in [1.807, 2.05) is 55.5 Å². The van der Waals surface area contributed by atoms with Crippen molar-refractivity contribution in [3.05, 3.63) is 54.1 Å². The van der Waals surface area contributed by atoms with Gasteiger partial charge in [0, 0.05) is 0 Å². The average Bonchev–Trinajstić information content (AvgIpc) is 2.61. The van der Waals surface area contributed by atoms with Crippen molar-refractivity contribution in [2.75, 3.05) is 32.1 Å². The molecule has 0 aliphatic heterocycles. The first-order chi connectivity index (χ1) is 11.7. The topological polar surface area (TPSA) is 59.6 Å². The van der Waals surface area contributed by atoms with Crippen molar-refractivity contribution < 1.29 is 14.3 Å². The van der Waals surface area contributed by atoms with Crippen LogP contribution in [-0.4, -0.2) is 32.7 Å². The number of carbonyl (C=O) groups is 1. The summed E-state index contributed by atoms with van der Waals surface area (Å²) >= 11 is 0. The molecule has 0 radical (unpaired) electrons. The molecular weight excluding hydrogens is 304 g/mol. The molecule has 0 saturated carbocycles. The molecule has 0 atom stereocenters. The molecule has 2 rings (SSSR count). The van der Waals surface area contributed by atoms with Crippen LogP contribution >= 0.6 is 0 Å². The van der Waals surface area contributed by atoms with Crippen LogP contribution in [0.15, 0.2) is 48.5 Å². The summed E-state index contributed by atoms with van der Waals surface area (Å²) in [6, 6.07) is 15.3. The highest BCUT2D eigenvalue weighted by Crippen LogP contribution is 2.23. The summed E-state index contributed by atoms with van der Waals surface area (Å²) in [5, 5.41) is 6.01. The van der Waals surface area contributed by atoms with Crippen LogP contribution in [0, 0.1) is 0 Å². The number of anilines is 1. The molecule has 128 valence electrons. The predicted octanol–water partition coefficient (Wildman–Crippen LogP) is 2.86. The Hall–Kier alpha value is -2.53. The summed E-state index contributed by atoms with van der Waals surface area (Å²) in [6.07, 6.45) is 0.798. The van der Waals surface area contributed by atoms with Gasteiger partial charge in [0.15, 0.2) is 0 Å². The first-order valence-corrected chi connectivity index (χ1v) is 8.09. The van der Waals surface area contributed by atoms with Gasteiger partial charge in [-0.3, -0.25) is 4.79 Å². The average molecular weight is 328 g/mol. The molecule has 0 heterocycles. The maximum absolute atomic E-state index is 12.0. The molecular formula is C19H24N2O3. The highest BCUT2D eigenvalue weighted by molar-refractivity contribution is 5.93. The van der Waals surface area contributed by atoms with Gasteiger partial charge in [0.25, 0.3) is 0 Å². The quantitative estimate of drug-likeness (QED) is 0.695. The van der Waals surface area contributed by atoms with Crippen molar-refractivity contribution in [2.24, 2.45) is 0 Å². The van der Waals surface area contributed by atoms with Crippen LogP contribution in [0.1, 0.15) is 12.5 Å². The van der Waals surface area contributed by atoms with E-state index in [1.54, 1.807) is 7.11 Å². The third-order valence-electron chi connectivity index (χ3n) is 3.51. The molecule has 2 N–H and O–H groups in total. The van der Waals surface area contributed by atoms with E-state index < -0.39 is 0 Å². The van der Waals surface area contributed by atoms with Crippen molar-refractivity contribution >= 4 is 11.6 Å². The van der Waals surface area contributed by atoms with E-state index in [9.17, 15) is 4.79 Å². The van der Waals surface area contributed by atoms with Gasteiger partial charge in [-0.2, -0.15) is 0 Å². The molecule has 0 aliphatic rings. The predicted molar refractivity (Wildman–Crippen MR) is 95.8 cm³/mol. The molecule has 24 heavy (non-hydrogen) atoms. The molecule has 5 heteroatoms. The molecule has 0 fully saturated rings. The Kier molecular flexibility index (Phi) is 7.11. The van der Waals surface area contributed by atoms with Crippen molar-refractivity contribution in [1.82, 2.24) is 5.32 Å². The monoisotopic (exact) mass is 328 g/mol. The molecule has 0 aromatic heterocycles. The molecule has 0 saturated heterocycles. The Morgan fingerprint density at radius 2 is 1.75 bits per heavy atom. The maximum Gasteiger partial charge on any atom is 0.238 e. The fourth-order valence-corrected chi connectivity index (χ4v) is 2.38. The Bertz CT molecular complexity index is 659. The highest BCUT2D eigenvalue weighted by atomic mass is 16.5. The third-order valence-corrected chi connectivity index (χ3v) is 3.51. The van der Waals surface area contributed by atoms with Gasteiger partial charge in [-0.25, -0.2) is 0 Å². The minimum atomic E-state index is -0.0952. The molecule has 0 aliphatic carbocycles. The second kappa shape index (κ2) is 9.57. The van der Waals surface area contributed by atoms with Gasteiger partial charge in [-0.1, -0.05) is 30.3 Å². The minimum absolute atomic E-state index is 0.0952. The number of rotatable bonds is 9. The summed E-state index contributed by atoms with van der Waals surface area (Å²) in [5.41, 5.74) is 1.81. The number of amides is 1. The Morgan fingerprint density at radius 1 is 1.04 bits per heavy atom. The van der Waals surface area contributed by atoms with Crippen LogP contribution in [-0.2, 0) is 11.2 Å². The van der Waals surface area contributed by atoms with Crippen molar-refractivity contribution in [1.29, 1.82) is 0 Å². The number of nitrogens with one attached hydrogen (secondary N) is 2. The van der Waals surface area contributed by atoms with Gasteiger partial charge in [-0.05, 0) is 43.7 Å². The number of methoxy groups -OCH3 is 1. The van der Waals surface area contributed by atoms with Crippen molar-refractivity contribution in [2.45, 2.75) is 13.3 Å². The fourth-order valence-electron chi connectivity index (χ4n) is 2.38. The van der Waals surface area contributed by atoms with Crippen LogP contribution in [0.25, 0.3) is 0 Å². The van der Waals surface area contributed by atoms with E-state index in [0.717, 1.165) is 17.7 Å². The normalized spacial score (nSPS) is 10.2. The number of para-hydroxylation sites is 3. The lowest BCUT2D eigenvalue weighted by molar-refractivity contribution is -0.115. The smallest absolute Gasteiger partial charge is 0.238 e. The van der Waals surface area contributed by atoms with E-state index >= 15 is 0 Å². The Labute approximate surface area is 143 Å². The summed E-state index contributed by atoms with van der Waals surface area (Å²) in [4.78, 5) is 12.0. The van der Waals surface area contributed by atoms with Crippen LogP contribution in [0.3, 0.4) is 0 Å². The number of carbonyl (C=O) groups excluding carboxylic acids is 1. The zero-order valence-electron chi connectivity index (χ0n) is 14.2. The van der Waals surface area contributed by atoms with Gasteiger partial charge < -0.3 is 20.1 Å². The molecule has 0 unspecified atom stereocenters. The minimum Gasteiger partial charge on any atom is -0.496 e.